The summed E-state index contributed by atoms with van der Waals surface area (Å²) in [6.45, 7) is 5.06. The van der Waals surface area contributed by atoms with Gasteiger partial charge in [-0.15, -0.1) is 0 Å². The van der Waals surface area contributed by atoms with E-state index < -0.39 is 17.2 Å². The Labute approximate surface area is 87.4 Å². The predicted octanol–water partition coefficient (Wildman–Crippen LogP) is 2.69. The predicted molar refractivity (Wildman–Crippen MR) is 54.9 cm³/mol. The van der Waals surface area contributed by atoms with Gasteiger partial charge >= 0.3 is 0 Å². The molecule has 0 saturated carbocycles. The molecule has 0 radical (unpaired) electrons. The van der Waals surface area contributed by atoms with Crippen molar-refractivity contribution in [1.82, 2.24) is 0 Å². The van der Waals surface area contributed by atoms with Crippen LogP contribution < -0.4 is 0 Å². The van der Waals surface area contributed by atoms with Crippen molar-refractivity contribution in [3.8, 4) is 0 Å². The highest BCUT2D eigenvalue weighted by Gasteiger charge is 2.18. The lowest BCUT2D eigenvalue weighted by atomic mass is 10.1. The van der Waals surface area contributed by atoms with Crippen molar-refractivity contribution in [1.29, 1.82) is 0 Å². The summed E-state index contributed by atoms with van der Waals surface area (Å²) >= 11 is 0. The van der Waals surface area contributed by atoms with Crippen LogP contribution >= 0.6 is 0 Å². The van der Waals surface area contributed by atoms with Gasteiger partial charge in [0.15, 0.2) is 11.8 Å². The minimum Gasteiger partial charge on any atom is -0.623 e. The molecule has 0 bridgehead atoms. The van der Waals surface area contributed by atoms with Gasteiger partial charge in [0.25, 0.3) is 0 Å². The van der Waals surface area contributed by atoms with Crippen molar-refractivity contribution in [3.05, 3.63) is 40.6 Å². The molecule has 1 aromatic carbocycles. The summed E-state index contributed by atoms with van der Waals surface area (Å²) in [6.07, 6.45) is 1.05. The Morgan fingerprint density at radius 3 is 2.40 bits per heavy atom. The zero-order valence-electron chi connectivity index (χ0n) is 8.92. The third-order valence-electron chi connectivity index (χ3n) is 1.88. The van der Waals surface area contributed by atoms with Crippen molar-refractivity contribution in [2.75, 3.05) is 0 Å². The van der Waals surface area contributed by atoms with Crippen LogP contribution in [0.2, 0.25) is 0 Å². The van der Waals surface area contributed by atoms with Crippen molar-refractivity contribution in [2.24, 2.45) is 0 Å². The van der Waals surface area contributed by atoms with Crippen LogP contribution in [-0.4, -0.2) is 16.5 Å². The van der Waals surface area contributed by atoms with E-state index in [9.17, 15) is 14.0 Å². The topological polar surface area (TPSA) is 26.1 Å². The molecule has 0 saturated heterocycles. The normalized spacial score (nSPS) is 13.0. The average Bonchev–Trinajstić information content (AvgIpc) is 2.09. The highest BCUT2D eigenvalue weighted by Crippen LogP contribution is 2.10. The summed E-state index contributed by atoms with van der Waals surface area (Å²) in [7, 11) is 0. The Morgan fingerprint density at radius 2 is 1.87 bits per heavy atom. The molecule has 0 aliphatic rings. The second kappa shape index (κ2) is 3.96. The van der Waals surface area contributed by atoms with Gasteiger partial charge in [0.1, 0.15) is 11.6 Å². The summed E-state index contributed by atoms with van der Waals surface area (Å²) in [5.41, 5.74) is -0.710. The van der Waals surface area contributed by atoms with E-state index in [1.54, 1.807) is 20.8 Å². The van der Waals surface area contributed by atoms with Crippen LogP contribution in [-0.2, 0) is 0 Å². The van der Waals surface area contributed by atoms with Crippen LogP contribution in [0.5, 0.6) is 0 Å². The van der Waals surface area contributed by atoms with Gasteiger partial charge in [-0.25, -0.2) is 13.5 Å². The summed E-state index contributed by atoms with van der Waals surface area (Å²) in [5, 5.41) is 11.5. The Bertz CT molecular complexity index is 394. The van der Waals surface area contributed by atoms with Crippen LogP contribution in [0.4, 0.5) is 8.78 Å². The lowest BCUT2D eigenvalue weighted by Crippen LogP contribution is -2.29. The molecule has 15 heavy (non-hydrogen) atoms. The molecule has 0 aliphatic heterocycles. The third kappa shape index (κ3) is 3.01. The molecule has 0 N–H and O–H groups in total. The summed E-state index contributed by atoms with van der Waals surface area (Å²) in [4.78, 5) is 0. The van der Waals surface area contributed by atoms with Crippen LogP contribution in [0.15, 0.2) is 18.2 Å². The van der Waals surface area contributed by atoms with Gasteiger partial charge in [0, 0.05) is 20.8 Å². The number of benzene rings is 1. The molecule has 2 nitrogen and oxygen atoms in total. The summed E-state index contributed by atoms with van der Waals surface area (Å²) in [6, 6.07) is 3.00. The van der Waals surface area contributed by atoms with E-state index in [-0.39, 0.29) is 5.56 Å². The van der Waals surface area contributed by atoms with Crippen molar-refractivity contribution < 1.29 is 13.5 Å². The zero-order valence-corrected chi connectivity index (χ0v) is 8.92. The van der Waals surface area contributed by atoms with Crippen molar-refractivity contribution in [2.45, 2.75) is 26.3 Å². The highest BCUT2D eigenvalue weighted by atomic mass is 19.1. The smallest absolute Gasteiger partial charge is 0.185 e. The fourth-order valence-electron chi connectivity index (χ4n) is 0.934. The maximum Gasteiger partial charge on any atom is 0.185 e. The number of rotatable bonds is 1. The summed E-state index contributed by atoms with van der Waals surface area (Å²) < 4.78 is 26.5. The quantitative estimate of drug-likeness (QED) is 0.305. The molecule has 0 heterocycles. The standard InChI is InChI=1S/C11H13F2NO/c1-11(2,3)14(15)7-8-6-9(12)4-5-10(8)13/h4-7H,1-3H3/b14-7-. The minimum absolute atomic E-state index is 0.0417. The molecule has 4 heteroatoms. The fourth-order valence-corrected chi connectivity index (χ4v) is 0.934. The van der Waals surface area contributed by atoms with Crippen molar-refractivity contribution in [3.63, 3.8) is 0 Å². The first-order valence-electron chi connectivity index (χ1n) is 4.57. The molecule has 1 rings (SSSR count). The fraction of sp³-hybridized carbons (Fsp3) is 0.364. The van der Waals surface area contributed by atoms with Gasteiger partial charge in [0.2, 0.25) is 0 Å². The van der Waals surface area contributed by atoms with Crippen LogP contribution in [0.25, 0.3) is 0 Å². The summed E-state index contributed by atoms with van der Waals surface area (Å²) in [5.74, 6) is -1.17. The first-order valence-corrected chi connectivity index (χ1v) is 4.57. The lowest BCUT2D eigenvalue weighted by Gasteiger charge is -2.18. The zero-order chi connectivity index (χ0) is 11.6. The maximum absolute atomic E-state index is 13.2. The van der Waals surface area contributed by atoms with Crippen LogP contribution in [0.1, 0.15) is 26.3 Å². The molecule has 1 aromatic rings. The number of hydroxylamine groups is 1. The monoisotopic (exact) mass is 213 g/mol. The van der Waals surface area contributed by atoms with E-state index >= 15 is 0 Å². The molecular weight excluding hydrogens is 200 g/mol. The largest absolute Gasteiger partial charge is 0.623 e. The molecule has 0 atom stereocenters. The third-order valence-corrected chi connectivity index (χ3v) is 1.88. The van der Waals surface area contributed by atoms with Crippen LogP contribution in [0, 0.1) is 16.8 Å². The molecule has 0 amide bonds. The molecular formula is C11H13F2NO. The van der Waals surface area contributed by atoms with Gasteiger partial charge in [0.05, 0.1) is 5.56 Å². The SMILES string of the molecule is CC(C)(C)/[N+]([O-])=C/c1cc(F)ccc1F. The minimum atomic E-state index is -0.668. The van der Waals surface area contributed by atoms with Gasteiger partial charge in [-0.05, 0) is 18.2 Å². The molecule has 0 unspecified atom stereocenters. The van der Waals surface area contributed by atoms with E-state index in [1.165, 1.54) is 0 Å². The van der Waals surface area contributed by atoms with E-state index in [0.29, 0.717) is 4.74 Å². The Hall–Kier alpha value is -1.45. The Morgan fingerprint density at radius 1 is 1.27 bits per heavy atom. The molecule has 0 spiro atoms. The van der Waals surface area contributed by atoms with Gasteiger partial charge < -0.3 is 5.21 Å². The average molecular weight is 213 g/mol. The Kier molecular flexibility index (Phi) is 3.07. The first kappa shape index (κ1) is 11.6. The number of nitrogens with zero attached hydrogens (tertiary/aromatic N) is 1. The second-order valence-corrected chi connectivity index (χ2v) is 4.29. The number of hydrogen-bond acceptors (Lipinski definition) is 1. The van der Waals surface area contributed by atoms with Crippen LogP contribution in [0.3, 0.4) is 0 Å². The molecule has 0 aromatic heterocycles. The molecule has 0 fully saturated rings. The van der Waals surface area contributed by atoms with E-state index in [0.717, 1.165) is 24.4 Å². The Balaban J connectivity index is 3.13. The lowest BCUT2D eigenvalue weighted by molar-refractivity contribution is -0.530. The van der Waals surface area contributed by atoms with E-state index in [4.69, 9.17) is 0 Å². The number of hydrogen-bond donors (Lipinski definition) is 0. The van der Waals surface area contributed by atoms with Crippen molar-refractivity contribution >= 4 is 6.21 Å². The maximum atomic E-state index is 13.2. The highest BCUT2D eigenvalue weighted by molar-refractivity contribution is 5.76. The van der Waals surface area contributed by atoms with E-state index in [2.05, 4.69) is 0 Å². The molecule has 0 aliphatic carbocycles. The van der Waals surface area contributed by atoms with E-state index in [1.807, 2.05) is 0 Å². The first-order chi connectivity index (χ1) is 6.80. The number of halogens is 2. The van der Waals surface area contributed by atoms with Gasteiger partial charge in [-0.2, -0.15) is 0 Å². The van der Waals surface area contributed by atoms with Gasteiger partial charge in [-0.3, -0.25) is 0 Å². The second-order valence-electron chi connectivity index (χ2n) is 4.29. The van der Waals surface area contributed by atoms with Gasteiger partial charge in [-0.1, -0.05) is 0 Å². The molecule has 82 valence electrons.